The summed E-state index contributed by atoms with van der Waals surface area (Å²) >= 11 is 0. The van der Waals surface area contributed by atoms with Gasteiger partial charge in [0.15, 0.2) is 0 Å². The summed E-state index contributed by atoms with van der Waals surface area (Å²) in [4.78, 5) is 15.8. The lowest BCUT2D eigenvalue weighted by atomic mass is 9.96. The second kappa shape index (κ2) is 4.44. The average Bonchev–Trinajstić information content (AvgIpc) is 2.60. The SMILES string of the molecule is CC(C)(O)CNC(=O)c1n[nH]c(C(C)(C)C)n1. The number of carbonyl (C=O) groups is 1. The number of aromatic amines is 1. The predicted molar refractivity (Wildman–Crippen MR) is 63.7 cm³/mol. The fraction of sp³-hybridized carbons (Fsp3) is 0.727. The third-order valence-electron chi connectivity index (χ3n) is 2.08. The van der Waals surface area contributed by atoms with Crippen LogP contribution in [-0.2, 0) is 5.41 Å². The lowest BCUT2D eigenvalue weighted by Crippen LogP contribution is -2.38. The highest BCUT2D eigenvalue weighted by Crippen LogP contribution is 2.17. The van der Waals surface area contributed by atoms with Crippen molar-refractivity contribution in [3.63, 3.8) is 0 Å². The molecule has 0 saturated carbocycles. The molecule has 0 aliphatic rings. The minimum Gasteiger partial charge on any atom is -0.389 e. The van der Waals surface area contributed by atoms with Crippen LogP contribution in [-0.4, -0.2) is 38.3 Å². The van der Waals surface area contributed by atoms with Crippen molar-refractivity contribution in [3.8, 4) is 0 Å². The molecule has 0 atom stereocenters. The number of aliphatic hydroxyl groups is 1. The molecule has 0 fully saturated rings. The molecule has 1 amide bonds. The number of aromatic nitrogens is 3. The zero-order valence-electron chi connectivity index (χ0n) is 11.0. The van der Waals surface area contributed by atoms with Crippen LogP contribution in [0.5, 0.6) is 0 Å². The number of hydrogen-bond acceptors (Lipinski definition) is 4. The van der Waals surface area contributed by atoms with E-state index < -0.39 is 5.60 Å². The number of amides is 1. The van der Waals surface area contributed by atoms with Crippen LogP contribution in [0.4, 0.5) is 0 Å². The predicted octanol–water partition coefficient (Wildman–Crippen LogP) is 0.603. The number of H-pyrrole nitrogens is 1. The Balaban J connectivity index is 2.68. The van der Waals surface area contributed by atoms with Crippen LogP contribution in [0, 0.1) is 0 Å². The van der Waals surface area contributed by atoms with Gasteiger partial charge in [0.05, 0.1) is 5.60 Å². The summed E-state index contributed by atoms with van der Waals surface area (Å²) in [6.45, 7) is 9.33. The zero-order valence-corrected chi connectivity index (χ0v) is 11.0. The highest BCUT2D eigenvalue weighted by Gasteiger charge is 2.22. The van der Waals surface area contributed by atoms with Crippen molar-refractivity contribution in [2.75, 3.05) is 6.54 Å². The molecule has 0 spiro atoms. The van der Waals surface area contributed by atoms with Crippen LogP contribution in [0.1, 0.15) is 51.1 Å². The van der Waals surface area contributed by atoms with Gasteiger partial charge in [-0.25, -0.2) is 4.98 Å². The smallest absolute Gasteiger partial charge is 0.291 e. The topological polar surface area (TPSA) is 90.9 Å². The first-order chi connectivity index (χ1) is 7.59. The van der Waals surface area contributed by atoms with E-state index in [4.69, 9.17) is 0 Å². The van der Waals surface area contributed by atoms with E-state index in [-0.39, 0.29) is 23.7 Å². The van der Waals surface area contributed by atoms with E-state index in [2.05, 4.69) is 20.5 Å². The van der Waals surface area contributed by atoms with Crippen molar-refractivity contribution in [1.82, 2.24) is 20.5 Å². The minimum absolute atomic E-state index is 0.0965. The van der Waals surface area contributed by atoms with Crippen LogP contribution in [0.25, 0.3) is 0 Å². The molecule has 96 valence electrons. The Labute approximate surface area is 101 Å². The van der Waals surface area contributed by atoms with Gasteiger partial charge in [-0.2, -0.15) is 0 Å². The van der Waals surface area contributed by atoms with Crippen LogP contribution < -0.4 is 5.32 Å². The van der Waals surface area contributed by atoms with Gasteiger partial charge in [-0.05, 0) is 13.8 Å². The minimum atomic E-state index is -0.946. The molecule has 0 bridgehead atoms. The molecule has 0 radical (unpaired) electrons. The second-order valence-corrected chi connectivity index (χ2v) is 5.75. The summed E-state index contributed by atoms with van der Waals surface area (Å²) in [5, 5.41) is 18.6. The quantitative estimate of drug-likeness (QED) is 0.721. The largest absolute Gasteiger partial charge is 0.389 e. The molecule has 0 unspecified atom stereocenters. The van der Waals surface area contributed by atoms with Gasteiger partial charge in [-0.15, -0.1) is 5.10 Å². The third kappa shape index (κ3) is 4.14. The highest BCUT2D eigenvalue weighted by atomic mass is 16.3. The molecule has 0 saturated heterocycles. The molecule has 1 aromatic heterocycles. The van der Waals surface area contributed by atoms with Crippen molar-refractivity contribution in [2.45, 2.75) is 45.6 Å². The number of nitrogens with one attached hydrogen (secondary N) is 2. The molecule has 6 nitrogen and oxygen atoms in total. The number of hydrogen-bond donors (Lipinski definition) is 3. The first kappa shape index (κ1) is 13.6. The molecule has 0 aromatic carbocycles. The van der Waals surface area contributed by atoms with Gasteiger partial charge in [0.1, 0.15) is 5.82 Å². The van der Waals surface area contributed by atoms with Gasteiger partial charge in [-0.1, -0.05) is 20.8 Å². The molecule has 6 heteroatoms. The molecule has 3 N–H and O–H groups in total. The fourth-order valence-electron chi connectivity index (χ4n) is 1.07. The van der Waals surface area contributed by atoms with Gasteiger partial charge in [-0.3, -0.25) is 9.89 Å². The Kier molecular flexibility index (Phi) is 3.56. The molecule has 0 aliphatic carbocycles. The van der Waals surface area contributed by atoms with Gasteiger partial charge in [0.2, 0.25) is 5.82 Å². The Bertz CT molecular complexity index is 398. The Morgan fingerprint density at radius 2 is 1.94 bits per heavy atom. The van der Waals surface area contributed by atoms with Gasteiger partial charge < -0.3 is 10.4 Å². The number of nitrogens with zero attached hydrogens (tertiary/aromatic N) is 2. The Morgan fingerprint density at radius 3 is 2.35 bits per heavy atom. The monoisotopic (exact) mass is 240 g/mol. The lowest BCUT2D eigenvalue weighted by Gasteiger charge is -2.16. The summed E-state index contributed by atoms with van der Waals surface area (Å²) in [5.74, 6) is 0.365. The fourth-order valence-corrected chi connectivity index (χ4v) is 1.07. The summed E-state index contributed by atoms with van der Waals surface area (Å²) in [6, 6.07) is 0. The molecule has 0 aliphatic heterocycles. The van der Waals surface area contributed by atoms with Crippen molar-refractivity contribution in [2.24, 2.45) is 0 Å². The molecule has 1 heterocycles. The van der Waals surface area contributed by atoms with E-state index in [1.807, 2.05) is 20.8 Å². The molecule has 1 rings (SSSR count). The van der Waals surface area contributed by atoms with Crippen molar-refractivity contribution >= 4 is 5.91 Å². The molecular formula is C11H20N4O2. The molecule has 17 heavy (non-hydrogen) atoms. The average molecular weight is 240 g/mol. The van der Waals surface area contributed by atoms with E-state index in [0.717, 1.165) is 0 Å². The maximum absolute atomic E-state index is 11.7. The van der Waals surface area contributed by atoms with Crippen molar-refractivity contribution in [3.05, 3.63) is 11.6 Å². The summed E-state index contributed by atoms with van der Waals surface area (Å²) in [5.41, 5.74) is -1.12. The van der Waals surface area contributed by atoms with E-state index in [9.17, 15) is 9.90 Å². The number of rotatable bonds is 3. The van der Waals surface area contributed by atoms with Gasteiger partial charge in [0, 0.05) is 12.0 Å². The van der Waals surface area contributed by atoms with E-state index >= 15 is 0 Å². The van der Waals surface area contributed by atoms with Gasteiger partial charge >= 0.3 is 0 Å². The molecule has 1 aromatic rings. The highest BCUT2D eigenvalue weighted by molar-refractivity contribution is 5.90. The zero-order chi connectivity index (χ0) is 13.3. The molecular weight excluding hydrogens is 220 g/mol. The lowest BCUT2D eigenvalue weighted by molar-refractivity contribution is 0.0689. The summed E-state index contributed by atoms with van der Waals surface area (Å²) < 4.78 is 0. The van der Waals surface area contributed by atoms with Crippen LogP contribution >= 0.6 is 0 Å². The van der Waals surface area contributed by atoms with Crippen LogP contribution in [0.3, 0.4) is 0 Å². The second-order valence-electron chi connectivity index (χ2n) is 5.75. The third-order valence-corrected chi connectivity index (χ3v) is 2.08. The van der Waals surface area contributed by atoms with E-state index in [1.54, 1.807) is 13.8 Å². The first-order valence-corrected chi connectivity index (χ1v) is 5.53. The van der Waals surface area contributed by atoms with E-state index in [0.29, 0.717) is 5.82 Å². The Morgan fingerprint density at radius 1 is 1.35 bits per heavy atom. The van der Waals surface area contributed by atoms with Gasteiger partial charge in [0.25, 0.3) is 5.91 Å². The van der Waals surface area contributed by atoms with Crippen LogP contribution in [0.2, 0.25) is 0 Å². The summed E-state index contributed by atoms with van der Waals surface area (Å²) in [7, 11) is 0. The summed E-state index contributed by atoms with van der Waals surface area (Å²) in [6.07, 6.45) is 0. The van der Waals surface area contributed by atoms with Crippen molar-refractivity contribution in [1.29, 1.82) is 0 Å². The number of carbonyl (C=O) groups excluding carboxylic acids is 1. The first-order valence-electron chi connectivity index (χ1n) is 5.53. The van der Waals surface area contributed by atoms with Crippen LogP contribution in [0.15, 0.2) is 0 Å². The van der Waals surface area contributed by atoms with Crippen molar-refractivity contribution < 1.29 is 9.90 Å². The maximum Gasteiger partial charge on any atom is 0.291 e. The van der Waals surface area contributed by atoms with E-state index in [1.165, 1.54) is 0 Å². The standard InChI is InChI=1S/C11H20N4O2/c1-10(2,3)9-13-7(14-15-9)8(16)12-6-11(4,5)17/h17H,6H2,1-5H3,(H,12,16)(H,13,14,15). The normalized spacial score (nSPS) is 12.6. The Hall–Kier alpha value is -1.43. The maximum atomic E-state index is 11.7.